The summed E-state index contributed by atoms with van der Waals surface area (Å²) >= 11 is 0. The fraction of sp³-hybridized carbons (Fsp3) is 0.333. The van der Waals surface area contributed by atoms with Gasteiger partial charge in [0.05, 0.1) is 11.7 Å². The van der Waals surface area contributed by atoms with Gasteiger partial charge < -0.3 is 14.6 Å². The molecule has 1 aliphatic rings. The van der Waals surface area contributed by atoms with Crippen molar-refractivity contribution in [3.8, 4) is 0 Å². The molecule has 6 heteroatoms. The Morgan fingerprint density at radius 2 is 2.38 bits per heavy atom. The zero-order chi connectivity index (χ0) is 14.8. The van der Waals surface area contributed by atoms with Crippen molar-refractivity contribution >= 4 is 5.91 Å². The summed E-state index contributed by atoms with van der Waals surface area (Å²) in [4.78, 5) is 18.3. The quantitative estimate of drug-likeness (QED) is 0.917. The minimum Gasteiger partial charge on any atom is -0.438 e. The Balaban J connectivity index is 1.92. The number of amides is 1. The molecule has 0 spiro atoms. The molecule has 1 saturated heterocycles. The predicted octanol–water partition coefficient (Wildman–Crippen LogP) is 1.91. The highest BCUT2D eigenvalue weighted by atomic mass is 19.1. The molecule has 0 saturated carbocycles. The van der Waals surface area contributed by atoms with Crippen LogP contribution in [0.4, 0.5) is 4.39 Å². The lowest BCUT2D eigenvalue weighted by atomic mass is 10.0. The number of benzene rings is 1. The molecule has 1 aliphatic heterocycles. The van der Waals surface area contributed by atoms with E-state index >= 15 is 0 Å². The second-order valence-electron chi connectivity index (χ2n) is 5.04. The number of carbonyl (C=O) groups excluding carboxylic acids is 1. The molecule has 2 aromatic rings. The first-order chi connectivity index (χ1) is 10.2. The molecule has 1 atom stereocenters. The third kappa shape index (κ3) is 2.67. The van der Waals surface area contributed by atoms with Crippen LogP contribution < -0.4 is 5.32 Å². The summed E-state index contributed by atoms with van der Waals surface area (Å²) < 4.78 is 18.6. The van der Waals surface area contributed by atoms with Crippen LogP contribution >= 0.6 is 0 Å². The second-order valence-corrected chi connectivity index (χ2v) is 5.04. The number of rotatable bonds is 2. The van der Waals surface area contributed by atoms with Gasteiger partial charge in [-0.05, 0) is 24.6 Å². The summed E-state index contributed by atoms with van der Waals surface area (Å²) in [6.45, 7) is 3.56. The molecule has 3 rings (SSSR count). The number of oxazole rings is 1. The van der Waals surface area contributed by atoms with Crippen LogP contribution in [0.2, 0.25) is 0 Å². The molecule has 0 bridgehead atoms. The molecule has 1 aromatic heterocycles. The standard InChI is InChI=1S/C15H16FN3O2/c1-10-14(21-9-18-10)15(20)19-6-5-17-8-13(19)11-3-2-4-12(16)7-11/h2-4,7,9,13,17H,5-6,8H2,1H3. The molecule has 0 radical (unpaired) electrons. The Bertz CT molecular complexity index is 656. The number of carbonyl (C=O) groups is 1. The number of halogens is 1. The maximum Gasteiger partial charge on any atom is 0.292 e. The molecule has 1 amide bonds. The first kappa shape index (κ1) is 13.8. The van der Waals surface area contributed by atoms with E-state index in [0.717, 1.165) is 5.56 Å². The summed E-state index contributed by atoms with van der Waals surface area (Å²) in [5.74, 6) is -0.264. The van der Waals surface area contributed by atoms with Gasteiger partial charge in [-0.2, -0.15) is 0 Å². The van der Waals surface area contributed by atoms with Gasteiger partial charge in [-0.1, -0.05) is 12.1 Å². The number of nitrogens with one attached hydrogen (secondary N) is 1. The van der Waals surface area contributed by atoms with Crippen LogP contribution in [0.3, 0.4) is 0 Å². The van der Waals surface area contributed by atoms with Gasteiger partial charge in [-0.3, -0.25) is 4.79 Å². The van der Waals surface area contributed by atoms with Gasteiger partial charge in [0, 0.05) is 19.6 Å². The molecule has 2 heterocycles. The lowest BCUT2D eigenvalue weighted by molar-refractivity contribution is 0.0600. The van der Waals surface area contributed by atoms with Gasteiger partial charge >= 0.3 is 0 Å². The highest BCUT2D eigenvalue weighted by Crippen LogP contribution is 2.25. The lowest BCUT2D eigenvalue weighted by Crippen LogP contribution is -2.48. The number of piperazine rings is 1. The zero-order valence-corrected chi connectivity index (χ0v) is 11.7. The molecular formula is C15H16FN3O2. The molecular weight excluding hydrogens is 273 g/mol. The first-order valence-electron chi connectivity index (χ1n) is 6.84. The third-order valence-electron chi connectivity index (χ3n) is 3.68. The van der Waals surface area contributed by atoms with Crippen LogP contribution in [0.25, 0.3) is 0 Å². The van der Waals surface area contributed by atoms with Gasteiger partial charge in [-0.15, -0.1) is 0 Å². The Kier molecular flexibility index (Phi) is 3.70. The second kappa shape index (κ2) is 5.65. The van der Waals surface area contributed by atoms with Gasteiger partial charge in [0.15, 0.2) is 6.39 Å². The molecule has 1 N–H and O–H groups in total. The minimum absolute atomic E-state index is 0.208. The largest absolute Gasteiger partial charge is 0.438 e. The third-order valence-corrected chi connectivity index (χ3v) is 3.68. The van der Waals surface area contributed by atoms with Crippen molar-refractivity contribution in [2.24, 2.45) is 0 Å². The van der Waals surface area contributed by atoms with E-state index in [1.807, 2.05) is 6.07 Å². The van der Waals surface area contributed by atoms with Crippen molar-refractivity contribution in [3.05, 3.63) is 53.5 Å². The van der Waals surface area contributed by atoms with Crippen LogP contribution in [0.15, 0.2) is 35.1 Å². The van der Waals surface area contributed by atoms with Crippen LogP contribution in [0, 0.1) is 12.7 Å². The van der Waals surface area contributed by atoms with Crippen LogP contribution in [-0.2, 0) is 0 Å². The van der Waals surface area contributed by atoms with Crippen molar-refractivity contribution in [3.63, 3.8) is 0 Å². The number of hydrogen-bond acceptors (Lipinski definition) is 4. The van der Waals surface area contributed by atoms with Crippen molar-refractivity contribution in [2.75, 3.05) is 19.6 Å². The lowest BCUT2D eigenvalue weighted by Gasteiger charge is -2.36. The number of nitrogens with zero attached hydrogens (tertiary/aromatic N) is 2. The molecule has 1 unspecified atom stereocenters. The molecule has 1 fully saturated rings. The Morgan fingerprint density at radius 1 is 1.52 bits per heavy atom. The van der Waals surface area contributed by atoms with E-state index < -0.39 is 0 Å². The average Bonchev–Trinajstić information content (AvgIpc) is 2.93. The van der Waals surface area contributed by atoms with E-state index in [1.54, 1.807) is 17.9 Å². The van der Waals surface area contributed by atoms with E-state index in [0.29, 0.717) is 25.3 Å². The van der Waals surface area contributed by atoms with Gasteiger partial charge in [0.25, 0.3) is 5.91 Å². The monoisotopic (exact) mass is 289 g/mol. The summed E-state index contributed by atoms with van der Waals surface area (Å²) in [6, 6.07) is 6.12. The van der Waals surface area contributed by atoms with Crippen molar-refractivity contribution in [1.29, 1.82) is 0 Å². The molecule has 21 heavy (non-hydrogen) atoms. The van der Waals surface area contributed by atoms with Crippen molar-refractivity contribution in [2.45, 2.75) is 13.0 Å². The van der Waals surface area contributed by atoms with Gasteiger partial charge in [0.1, 0.15) is 5.82 Å². The number of hydrogen-bond donors (Lipinski definition) is 1. The molecule has 0 aliphatic carbocycles. The Hall–Kier alpha value is -2.21. The predicted molar refractivity (Wildman–Crippen MR) is 74.3 cm³/mol. The van der Waals surface area contributed by atoms with Crippen molar-refractivity contribution in [1.82, 2.24) is 15.2 Å². The SMILES string of the molecule is Cc1ncoc1C(=O)N1CCNCC1c1cccc(F)c1. The maximum atomic E-state index is 13.4. The Morgan fingerprint density at radius 3 is 3.10 bits per heavy atom. The van der Waals surface area contributed by atoms with Crippen LogP contribution in [-0.4, -0.2) is 35.4 Å². The fourth-order valence-electron chi connectivity index (χ4n) is 2.60. The summed E-state index contributed by atoms with van der Waals surface area (Å²) in [7, 11) is 0. The highest BCUT2D eigenvalue weighted by Gasteiger charge is 2.31. The van der Waals surface area contributed by atoms with E-state index in [-0.39, 0.29) is 23.5 Å². The van der Waals surface area contributed by atoms with Crippen LogP contribution in [0.5, 0.6) is 0 Å². The minimum atomic E-state index is -0.304. The average molecular weight is 289 g/mol. The number of aryl methyl sites for hydroxylation is 1. The molecule has 5 nitrogen and oxygen atoms in total. The summed E-state index contributed by atoms with van der Waals surface area (Å²) in [5, 5.41) is 3.23. The highest BCUT2D eigenvalue weighted by molar-refractivity contribution is 5.92. The normalized spacial score (nSPS) is 18.8. The van der Waals surface area contributed by atoms with Gasteiger partial charge in [-0.25, -0.2) is 9.37 Å². The number of aromatic nitrogens is 1. The van der Waals surface area contributed by atoms with E-state index in [1.165, 1.54) is 18.5 Å². The summed E-state index contributed by atoms with van der Waals surface area (Å²) in [6.07, 6.45) is 1.27. The topological polar surface area (TPSA) is 58.4 Å². The van der Waals surface area contributed by atoms with E-state index in [9.17, 15) is 9.18 Å². The maximum absolute atomic E-state index is 13.4. The fourth-order valence-corrected chi connectivity index (χ4v) is 2.60. The van der Waals surface area contributed by atoms with Gasteiger partial charge in [0.2, 0.25) is 5.76 Å². The van der Waals surface area contributed by atoms with E-state index in [2.05, 4.69) is 10.3 Å². The van der Waals surface area contributed by atoms with Crippen molar-refractivity contribution < 1.29 is 13.6 Å². The Labute approximate surface area is 121 Å². The summed E-state index contributed by atoms with van der Waals surface area (Å²) in [5.41, 5.74) is 1.34. The smallest absolute Gasteiger partial charge is 0.292 e. The zero-order valence-electron chi connectivity index (χ0n) is 11.7. The molecule has 110 valence electrons. The van der Waals surface area contributed by atoms with E-state index in [4.69, 9.17) is 4.42 Å². The first-order valence-corrected chi connectivity index (χ1v) is 6.84. The molecule has 1 aromatic carbocycles. The van der Waals surface area contributed by atoms with Crippen LogP contribution in [0.1, 0.15) is 27.9 Å².